The molecule has 0 aliphatic carbocycles. The lowest BCUT2D eigenvalue weighted by atomic mass is 10.0. The van der Waals surface area contributed by atoms with Crippen LogP contribution in [-0.2, 0) is 11.2 Å². The number of likely N-dealkylation sites (tertiary alicyclic amines) is 1. The molecule has 0 spiro atoms. The first-order valence-corrected chi connectivity index (χ1v) is 5.91. The number of β-amino-alcohol motifs (C(OH)–C–C–N with tert-alkyl or cyclic N) is 1. The van der Waals surface area contributed by atoms with E-state index in [-0.39, 0.29) is 13.0 Å². The zero-order chi connectivity index (χ0) is 14.1. The molecule has 1 unspecified atom stereocenters. The smallest absolute Gasteiger partial charge is 0.419 e. The van der Waals surface area contributed by atoms with Crippen LogP contribution in [0.3, 0.4) is 0 Å². The van der Waals surface area contributed by atoms with Gasteiger partial charge in [-0.25, -0.2) is 0 Å². The van der Waals surface area contributed by atoms with Gasteiger partial charge in [0.25, 0.3) is 0 Å². The van der Waals surface area contributed by atoms with Crippen molar-refractivity contribution >= 4 is 5.91 Å². The minimum Gasteiger partial charge on any atom is -0.469 e. The summed E-state index contributed by atoms with van der Waals surface area (Å²) in [6.45, 7) is -0.763. The van der Waals surface area contributed by atoms with Crippen LogP contribution >= 0.6 is 0 Å². The van der Waals surface area contributed by atoms with Crippen LogP contribution in [0.5, 0.6) is 0 Å². The van der Waals surface area contributed by atoms with Crippen molar-refractivity contribution in [2.75, 3.05) is 13.1 Å². The number of aryl methyl sites for hydroxylation is 1. The average Bonchev–Trinajstić information content (AvgIpc) is 2.94. The average molecular weight is 277 g/mol. The molecule has 0 aromatic carbocycles. The molecule has 1 atom stereocenters. The normalized spacial score (nSPS) is 23.9. The molecular weight excluding hydrogens is 263 g/mol. The summed E-state index contributed by atoms with van der Waals surface area (Å²) in [7, 11) is 0. The molecule has 2 heterocycles. The number of hydrogen-bond donors (Lipinski definition) is 1. The van der Waals surface area contributed by atoms with Crippen molar-refractivity contribution in [1.29, 1.82) is 0 Å². The molecule has 19 heavy (non-hydrogen) atoms. The molecule has 1 N–H and O–H groups in total. The van der Waals surface area contributed by atoms with Gasteiger partial charge in [0.2, 0.25) is 5.91 Å². The van der Waals surface area contributed by atoms with E-state index in [4.69, 9.17) is 4.42 Å². The summed E-state index contributed by atoms with van der Waals surface area (Å²) in [4.78, 5) is 12.8. The van der Waals surface area contributed by atoms with Gasteiger partial charge in [0.15, 0.2) is 5.60 Å². The van der Waals surface area contributed by atoms with Gasteiger partial charge in [-0.3, -0.25) is 4.79 Å². The first kappa shape index (κ1) is 13.9. The Balaban J connectivity index is 1.88. The Kier molecular flexibility index (Phi) is 3.58. The van der Waals surface area contributed by atoms with E-state index < -0.39 is 30.7 Å². The Bertz CT molecular complexity index is 444. The number of hydrogen-bond acceptors (Lipinski definition) is 3. The molecule has 0 saturated carbocycles. The molecule has 0 radical (unpaired) electrons. The van der Waals surface area contributed by atoms with Gasteiger partial charge in [0.1, 0.15) is 5.76 Å². The molecule has 1 aromatic rings. The second-order valence-electron chi connectivity index (χ2n) is 4.67. The SMILES string of the molecule is O=C(CCc1ccco1)N1CCC(O)(C(F)(F)F)C1. The summed E-state index contributed by atoms with van der Waals surface area (Å²) in [5.41, 5.74) is -2.77. The summed E-state index contributed by atoms with van der Waals surface area (Å²) in [6.07, 6.45) is -3.29. The van der Waals surface area contributed by atoms with E-state index in [9.17, 15) is 23.1 Å². The van der Waals surface area contributed by atoms with Gasteiger partial charge in [-0.1, -0.05) is 0 Å². The maximum Gasteiger partial charge on any atom is 0.419 e. The lowest BCUT2D eigenvalue weighted by molar-refractivity contribution is -0.253. The highest BCUT2D eigenvalue weighted by Gasteiger charge is 2.57. The Morgan fingerprint density at radius 1 is 1.53 bits per heavy atom. The number of furan rings is 1. The van der Waals surface area contributed by atoms with E-state index in [1.807, 2.05) is 0 Å². The highest BCUT2D eigenvalue weighted by atomic mass is 19.4. The Labute approximate surface area is 107 Å². The fourth-order valence-electron chi connectivity index (χ4n) is 2.08. The van der Waals surface area contributed by atoms with Crippen LogP contribution < -0.4 is 0 Å². The molecule has 0 bridgehead atoms. The maximum atomic E-state index is 12.6. The van der Waals surface area contributed by atoms with E-state index in [0.29, 0.717) is 12.2 Å². The van der Waals surface area contributed by atoms with Crippen LogP contribution in [-0.4, -0.2) is 40.8 Å². The van der Waals surface area contributed by atoms with E-state index in [0.717, 1.165) is 4.90 Å². The third-order valence-electron chi connectivity index (χ3n) is 3.29. The number of nitrogens with zero attached hydrogens (tertiary/aromatic N) is 1. The Hall–Kier alpha value is -1.50. The molecule has 2 rings (SSSR count). The molecule has 1 saturated heterocycles. The summed E-state index contributed by atoms with van der Waals surface area (Å²) in [6, 6.07) is 3.38. The topological polar surface area (TPSA) is 53.7 Å². The maximum absolute atomic E-state index is 12.6. The highest BCUT2D eigenvalue weighted by molar-refractivity contribution is 5.76. The largest absolute Gasteiger partial charge is 0.469 e. The minimum absolute atomic E-state index is 0.0709. The van der Waals surface area contributed by atoms with Crippen LogP contribution in [0.15, 0.2) is 22.8 Å². The molecule has 1 aliphatic rings. The van der Waals surface area contributed by atoms with E-state index >= 15 is 0 Å². The molecule has 1 aliphatic heterocycles. The molecule has 7 heteroatoms. The highest BCUT2D eigenvalue weighted by Crippen LogP contribution is 2.37. The van der Waals surface area contributed by atoms with E-state index in [1.54, 1.807) is 12.1 Å². The molecule has 4 nitrogen and oxygen atoms in total. The van der Waals surface area contributed by atoms with Crippen LogP contribution in [0.4, 0.5) is 13.2 Å². The second kappa shape index (κ2) is 4.88. The lowest BCUT2D eigenvalue weighted by Gasteiger charge is -2.25. The molecule has 1 fully saturated rings. The predicted octanol–water partition coefficient (Wildman–Crippen LogP) is 1.74. The first-order chi connectivity index (χ1) is 8.82. The standard InChI is InChI=1S/C12H14F3NO3/c13-12(14,15)11(18)5-6-16(8-11)10(17)4-3-9-2-1-7-19-9/h1-2,7,18H,3-6,8H2. The number of amides is 1. The van der Waals surface area contributed by atoms with Gasteiger partial charge in [0, 0.05) is 25.8 Å². The summed E-state index contributed by atoms with van der Waals surface area (Å²) in [5.74, 6) is 0.204. The van der Waals surface area contributed by atoms with Crippen LogP contribution in [0, 0.1) is 0 Å². The van der Waals surface area contributed by atoms with Gasteiger partial charge in [0.05, 0.1) is 12.8 Å². The van der Waals surface area contributed by atoms with E-state index in [2.05, 4.69) is 0 Å². The zero-order valence-electron chi connectivity index (χ0n) is 10.1. The Morgan fingerprint density at radius 3 is 2.79 bits per heavy atom. The monoisotopic (exact) mass is 277 g/mol. The summed E-state index contributed by atoms with van der Waals surface area (Å²) in [5, 5.41) is 9.46. The van der Waals surface area contributed by atoms with E-state index in [1.165, 1.54) is 6.26 Å². The van der Waals surface area contributed by atoms with Crippen molar-refractivity contribution < 1.29 is 27.5 Å². The predicted molar refractivity (Wildman–Crippen MR) is 59.2 cm³/mol. The van der Waals surface area contributed by atoms with Crippen LogP contribution in [0.2, 0.25) is 0 Å². The molecule has 1 amide bonds. The number of alkyl halides is 3. The van der Waals surface area contributed by atoms with Crippen LogP contribution in [0.1, 0.15) is 18.6 Å². The van der Waals surface area contributed by atoms with Gasteiger partial charge in [-0.05, 0) is 12.1 Å². The molecule has 1 aromatic heterocycles. The van der Waals surface area contributed by atoms with Gasteiger partial charge in [-0.15, -0.1) is 0 Å². The molecular formula is C12H14F3NO3. The number of halogens is 3. The fourth-order valence-corrected chi connectivity index (χ4v) is 2.08. The molecule has 106 valence electrons. The third kappa shape index (κ3) is 2.91. The van der Waals surface area contributed by atoms with Gasteiger partial charge < -0.3 is 14.4 Å². The number of aliphatic hydroxyl groups is 1. The third-order valence-corrected chi connectivity index (χ3v) is 3.29. The van der Waals surface area contributed by atoms with Gasteiger partial charge >= 0.3 is 6.18 Å². The fraction of sp³-hybridized carbons (Fsp3) is 0.583. The zero-order valence-corrected chi connectivity index (χ0v) is 10.1. The van der Waals surface area contributed by atoms with Crippen molar-refractivity contribution in [3.8, 4) is 0 Å². The van der Waals surface area contributed by atoms with Crippen molar-refractivity contribution in [3.63, 3.8) is 0 Å². The lowest BCUT2D eigenvalue weighted by Crippen LogP contribution is -2.48. The Morgan fingerprint density at radius 2 is 2.26 bits per heavy atom. The number of rotatable bonds is 3. The van der Waals surface area contributed by atoms with Crippen molar-refractivity contribution in [2.24, 2.45) is 0 Å². The summed E-state index contributed by atoms with van der Waals surface area (Å²) >= 11 is 0. The van der Waals surface area contributed by atoms with Crippen molar-refractivity contribution in [2.45, 2.75) is 31.0 Å². The number of carbonyl (C=O) groups is 1. The minimum atomic E-state index is -4.71. The van der Waals surface area contributed by atoms with Crippen LogP contribution in [0.25, 0.3) is 0 Å². The van der Waals surface area contributed by atoms with Crippen molar-refractivity contribution in [3.05, 3.63) is 24.2 Å². The number of carbonyl (C=O) groups excluding carboxylic acids is 1. The first-order valence-electron chi connectivity index (χ1n) is 5.91. The van der Waals surface area contributed by atoms with Crippen molar-refractivity contribution in [1.82, 2.24) is 4.90 Å². The summed E-state index contributed by atoms with van der Waals surface area (Å²) < 4.78 is 42.8. The second-order valence-corrected chi connectivity index (χ2v) is 4.67. The van der Waals surface area contributed by atoms with Gasteiger partial charge in [-0.2, -0.15) is 13.2 Å². The quantitative estimate of drug-likeness (QED) is 0.915.